The van der Waals surface area contributed by atoms with Crippen LogP contribution in [0.3, 0.4) is 0 Å². The molecule has 4 heteroatoms. The second kappa shape index (κ2) is 5.87. The first-order valence-corrected chi connectivity index (χ1v) is 6.05. The minimum absolute atomic E-state index is 0.0935. The molecule has 1 heterocycles. The first-order chi connectivity index (χ1) is 7.54. The molecule has 1 aliphatic heterocycles. The lowest BCUT2D eigenvalue weighted by molar-refractivity contribution is -0.139. The van der Waals surface area contributed by atoms with Crippen LogP contribution >= 0.6 is 0 Å². The van der Waals surface area contributed by atoms with E-state index in [0.29, 0.717) is 0 Å². The van der Waals surface area contributed by atoms with Crippen molar-refractivity contribution in [3.63, 3.8) is 0 Å². The van der Waals surface area contributed by atoms with Gasteiger partial charge in [-0.3, -0.25) is 9.59 Å². The van der Waals surface area contributed by atoms with Gasteiger partial charge in [0.2, 0.25) is 5.91 Å². The van der Waals surface area contributed by atoms with Crippen LogP contribution in [0.25, 0.3) is 0 Å². The Balaban J connectivity index is 2.37. The van der Waals surface area contributed by atoms with Crippen molar-refractivity contribution in [2.75, 3.05) is 13.1 Å². The number of rotatable bonds is 4. The predicted octanol–water partition coefficient (Wildman–Crippen LogP) is 1.75. The minimum Gasteiger partial charge on any atom is -0.481 e. The molecule has 1 N–H and O–H groups in total. The van der Waals surface area contributed by atoms with E-state index < -0.39 is 5.97 Å². The summed E-state index contributed by atoms with van der Waals surface area (Å²) in [6.07, 6.45) is 2.77. The van der Waals surface area contributed by atoms with Crippen molar-refractivity contribution in [1.29, 1.82) is 0 Å². The Bertz CT molecular complexity index is 257. The average molecular weight is 227 g/mol. The smallest absolute Gasteiger partial charge is 0.303 e. The largest absolute Gasteiger partial charge is 0.481 e. The molecule has 0 saturated carbocycles. The number of carboxylic acids is 1. The zero-order valence-corrected chi connectivity index (χ0v) is 10.1. The van der Waals surface area contributed by atoms with Gasteiger partial charge in [0.05, 0.1) is 0 Å². The summed E-state index contributed by atoms with van der Waals surface area (Å²) in [4.78, 5) is 24.3. The van der Waals surface area contributed by atoms with E-state index in [4.69, 9.17) is 5.11 Å². The highest BCUT2D eigenvalue weighted by atomic mass is 16.4. The van der Waals surface area contributed by atoms with E-state index in [2.05, 4.69) is 0 Å². The van der Waals surface area contributed by atoms with Crippen LogP contribution in [0, 0.1) is 11.8 Å². The Morgan fingerprint density at radius 1 is 1.38 bits per heavy atom. The van der Waals surface area contributed by atoms with E-state index >= 15 is 0 Å². The van der Waals surface area contributed by atoms with Gasteiger partial charge in [0.1, 0.15) is 0 Å². The molecule has 0 spiro atoms. The molecule has 0 aromatic heterocycles. The van der Waals surface area contributed by atoms with Crippen molar-refractivity contribution in [3.05, 3.63) is 0 Å². The first-order valence-electron chi connectivity index (χ1n) is 6.05. The van der Waals surface area contributed by atoms with Crippen LogP contribution in [-0.4, -0.2) is 35.0 Å². The maximum absolute atomic E-state index is 11.9. The fourth-order valence-corrected chi connectivity index (χ4v) is 2.09. The number of nitrogens with zero attached hydrogens (tertiary/aromatic N) is 1. The highest BCUT2D eigenvalue weighted by Crippen LogP contribution is 2.22. The van der Waals surface area contributed by atoms with E-state index in [1.54, 1.807) is 0 Å². The fraction of sp³-hybridized carbons (Fsp3) is 0.833. The number of amides is 1. The number of piperidine rings is 1. The Morgan fingerprint density at radius 2 is 1.94 bits per heavy atom. The Hall–Kier alpha value is -1.06. The molecule has 0 bridgehead atoms. The second-order valence-electron chi connectivity index (χ2n) is 4.68. The number of hydrogen-bond acceptors (Lipinski definition) is 2. The molecule has 16 heavy (non-hydrogen) atoms. The molecule has 0 aromatic carbocycles. The number of hydrogen-bond donors (Lipinski definition) is 1. The molecule has 1 rings (SSSR count). The number of carbonyl (C=O) groups is 2. The summed E-state index contributed by atoms with van der Waals surface area (Å²) < 4.78 is 0. The summed E-state index contributed by atoms with van der Waals surface area (Å²) in [5, 5.41) is 8.69. The standard InChI is InChI=1S/C12H21NO3/c1-3-9(2)12(16)13-6-4-10(5-7-13)8-11(14)15/h9-10H,3-8H2,1-2H3,(H,14,15). The molecule has 4 nitrogen and oxygen atoms in total. The highest BCUT2D eigenvalue weighted by Gasteiger charge is 2.26. The summed E-state index contributed by atoms with van der Waals surface area (Å²) in [7, 11) is 0. The van der Waals surface area contributed by atoms with Gasteiger partial charge < -0.3 is 10.0 Å². The number of aliphatic carboxylic acids is 1. The Kier molecular flexibility index (Phi) is 4.77. The van der Waals surface area contributed by atoms with Crippen molar-refractivity contribution >= 4 is 11.9 Å². The molecule has 0 aliphatic carbocycles. The molecule has 1 unspecified atom stereocenters. The molecular weight excluding hydrogens is 206 g/mol. The van der Waals surface area contributed by atoms with Gasteiger partial charge in [0, 0.05) is 25.4 Å². The fourth-order valence-electron chi connectivity index (χ4n) is 2.09. The molecule has 1 saturated heterocycles. The van der Waals surface area contributed by atoms with Crippen LogP contribution in [-0.2, 0) is 9.59 Å². The zero-order chi connectivity index (χ0) is 12.1. The number of likely N-dealkylation sites (tertiary alicyclic amines) is 1. The summed E-state index contributed by atoms with van der Waals surface area (Å²) in [5.74, 6) is -0.169. The maximum Gasteiger partial charge on any atom is 0.303 e. The minimum atomic E-state index is -0.730. The topological polar surface area (TPSA) is 57.6 Å². The van der Waals surface area contributed by atoms with Crippen molar-refractivity contribution in [2.24, 2.45) is 11.8 Å². The molecule has 0 aromatic rings. The normalized spacial score (nSPS) is 19.5. The van der Waals surface area contributed by atoms with Gasteiger partial charge in [-0.25, -0.2) is 0 Å². The van der Waals surface area contributed by atoms with Gasteiger partial charge in [-0.2, -0.15) is 0 Å². The zero-order valence-electron chi connectivity index (χ0n) is 10.1. The Labute approximate surface area is 96.6 Å². The summed E-state index contributed by atoms with van der Waals surface area (Å²) in [6, 6.07) is 0. The lowest BCUT2D eigenvalue weighted by atomic mass is 9.93. The van der Waals surface area contributed by atoms with Gasteiger partial charge in [0.15, 0.2) is 0 Å². The van der Waals surface area contributed by atoms with Gasteiger partial charge in [-0.05, 0) is 25.2 Å². The molecule has 1 fully saturated rings. The van der Waals surface area contributed by atoms with Crippen LogP contribution in [0.15, 0.2) is 0 Å². The quantitative estimate of drug-likeness (QED) is 0.796. The van der Waals surface area contributed by atoms with Gasteiger partial charge in [0.25, 0.3) is 0 Å². The molecule has 1 aliphatic rings. The van der Waals surface area contributed by atoms with Crippen LogP contribution in [0.5, 0.6) is 0 Å². The van der Waals surface area contributed by atoms with Crippen molar-refractivity contribution in [1.82, 2.24) is 4.90 Å². The van der Waals surface area contributed by atoms with Crippen molar-refractivity contribution < 1.29 is 14.7 Å². The van der Waals surface area contributed by atoms with Crippen LogP contribution in [0.2, 0.25) is 0 Å². The van der Waals surface area contributed by atoms with E-state index in [1.165, 1.54) is 0 Å². The Morgan fingerprint density at radius 3 is 2.38 bits per heavy atom. The van der Waals surface area contributed by atoms with E-state index in [0.717, 1.165) is 32.4 Å². The predicted molar refractivity (Wildman–Crippen MR) is 61.0 cm³/mol. The highest BCUT2D eigenvalue weighted by molar-refractivity contribution is 5.78. The third-order valence-corrected chi connectivity index (χ3v) is 3.42. The molecular formula is C12H21NO3. The maximum atomic E-state index is 11.9. The average Bonchev–Trinajstić information content (AvgIpc) is 2.27. The third kappa shape index (κ3) is 3.51. The van der Waals surface area contributed by atoms with Crippen LogP contribution < -0.4 is 0 Å². The van der Waals surface area contributed by atoms with E-state index in [9.17, 15) is 9.59 Å². The monoisotopic (exact) mass is 227 g/mol. The SMILES string of the molecule is CCC(C)C(=O)N1CCC(CC(=O)O)CC1. The van der Waals surface area contributed by atoms with E-state index in [1.807, 2.05) is 18.7 Å². The van der Waals surface area contributed by atoms with E-state index in [-0.39, 0.29) is 24.2 Å². The lowest BCUT2D eigenvalue weighted by Gasteiger charge is -2.32. The summed E-state index contributed by atoms with van der Waals surface area (Å²) in [6.45, 7) is 5.41. The van der Waals surface area contributed by atoms with Gasteiger partial charge >= 0.3 is 5.97 Å². The molecule has 1 atom stereocenters. The van der Waals surface area contributed by atoms with Gasteiger partial charge in [-0.15, -0.1) is 0 Å². The molecule has 1 amide bonds. The second-order valence-corrected chi connectivity index (χ2v) is 4.68. The number of carbonyl (C=O) groups excluding carboxylic acids is 1. The van der Waals surface area contributed by atoms with Crippen LogP contribution in [0.1, 0.15) is 39.5 Å². The molecule has 92 valence electrons. The van der Waals surface area contributed by atoms with Crippen LogP contribution in [0.4, 0.5) is 0 Å². The summed E-state index contributed by atoms with van der Waals surface area (Å²) in [5.41, 5.74) is 0. The third-order valence-electron chi connectivity index (χ3n) is 3.42. The first kappa shape index (κ1) is 13.0. The van der Waals surface area contributed by atoms with Crippen molar-refractivity contribution in [3.8, 4) is 0 Å². The lowest BCUT2D eigenvalue weighted by Crippen LogP contribution is -2.41. The number of carboxylic acid groups (broad SMARTS) is 1. The van der Waals surface area contributed by atoms with Crippen molar-refractivity contribution in [2.45, 2.75) is 39.5 Å². The summed E-state index contributed by atoms with van der Waals surface area (Å²) >= 11 is 0. The van der Waals surface area contributed by atoms with Gasteiger partial charge in [-0.1, -0.05) is 13.8 Å². The molecule has 0 radical (unpaired) electrons.